The van der Waals surface area contributed by atoms with Gasteiger partial charge >= 0.3 is 0 Å². The van der Waals surface area contributed by atoms with E-state index in [4.69, 9.17) is 0 Å². The summed E-state index contributed by atoms with van der Waals surface area (Å²) in [5.41, 5.74) is 0.685. The molecule has 0 aromatic carbocycles. The highest BCUT2D eigenvalue weighted by Gasteiger charge is 2.38. The van der Waals surface area contributed by atoms with Crippen LogP contribution in [0.3, 0.4) is 0 Å². The molecule has 2 fully saturated rings. The molecule has 1 unspecified atom stereocenters. The van der Waals surface area contributed by atoms with Crippen molar-refractivity contribution >= 4 is 5.91 Å². The molecule has 1 heterocycles. The van der Waals surface area contributed by atoms with Crippen LogP contribution in [0.1, 0.15) is 66.2 Å². The van der Waals surface area contributed by atoms with Gasteiger partial charge in [-0.05, 0) is 61.9 Å². The Balaban J connectivity index is 1.78. The summed E-state index contributed by atoms with van der Waals surface area (Å²) in [6.45, 7) is 11.5. The van der Waals surface area contributed by atoms with Crippen molar-refractivity contribution in [2.75, 3.05) is 13.1 Å². The number of carbonyl (C=O) groups excluding carboxylic acids is 1. The first-order valence-electron chi connectivity index (χ1n) is 8.26. The van der Waals surface area contributed by atoms with Crippen LogP contribution in [0.25, 0.3) is 0 Å². The zero-order valence-electron chi connectivity index (χ0n) is 13.7. The van der Waals surface area contributed by atoms with Crippen LogP contribution >= 0.6 is 0 Å². The van der Waals surface area contributed by atoms with Gasteiger partial charge in [0.05, 0.1) is 0 Å². The van der Waals surface area contributed by atoms with Gasteiger partial charge in [-0.3, -0.25) is 4.79 Å². The second-order valence-electron chi connectivity index (χ2n) is 8.58. The quantitative estimate of drug-likeness (QED) is 0.831. The lowest BCUT2D eigenvalue weighted by Crippen LogP contribution is -2.46. The van der Waals surface area contributed by atoms with Crippen molar-refractivity contribution in [2.24, 2.45) is 16.7 Å². The minimum absolute atomic E-state index is 0.260. The van der Waals surface area contributed by atoms with E-state index in [9.17, 15) is 4.79 Å². The van der Waals surface area contributed by atoms with Gasteiger partial charge in [0.1, 0.15) is 0 Å². The number of hydrogen-bond donors (Lipinski definition) is 2. The summed E-state index contributed by atoms with van der Waals surface area (Å²) in [5, 5.41) is 6.66. The maximum absolute atomic E-state index is 12.2. The molecule has 1 amide bonds. The molecule has 2 N–H and O–H groups in total. The van der Waals surface area contributed by atoms with Gasteiger partial charge in [0, 0.05) is 12.5 Å². The van der Waals surface area contributed by atoms with Crippen molar-refractivity contribution in [2.45, 2.75) is 72.3 Å². The van der Waals surface area contributed by atoms with Gasteiger partial charge in [0.25, 0.3) is 0 Å². The summed E-state index contributed by atoms with van der Waals surface area (Å²) in [6, 6.07) is 0.364. The van der Waals surface area contributed by atoms with E-state index < -0.39 is 0 Å². The molecular weight excluding hydrogens is 248 g/mol. The molecule has 0 aromatic heterocycles. The number of rotatable bonds is 4. The second-order valence-corrected chi connectivity index (χ2v) is 8.58. The summed E-state index contributed by atoms with van der Waals surface area (Å²) in [6.07, 6.45) is 6.46. The van der Waals surface area contributed by atoms with E-state index in [1.54, 1.807) is 0 Å². The predicted octanol–water partition coefficient (Wildman–Crippen LogP) is 3.10. The van der Waals surface area contributed by atoms with Crippen molar-refractivity contribution in [3.05, 3.63) is 0 Å². The Bertz CT molecular complexity index is 327. The zero-order valence-corrected chi connectivity index (χ0v) is 13.7. The fraction of sp³-hybridized carbons (Fsp3) is 0.941. The largest absolute Gasteiger partial charge is 0.353 e. The highest BCUT2D eigenvalue weighted by atomic mass is 16.1. The molecule has 3 nitrogen and oxygen atoms in total. The monoisotopic (exact) mass is 280 g/mol. The van der Waals surface area contributed by atoms with Gasteiger partial charge in [-0.25, -0.2) is 0 Å². The number of amides is 1. The van der Waals surface area contributed by atoms with Gasteiger partial charge in [-0.1, -0.05) is 27.7 Å². The summed E-state index contributed by atoms with van der Waals surface area (Å²) in [5.74, 6) is 0.968. The van der Waals surface area contributed by atoms with E-state index in [0.717, 1.165) is 32.4 Å². The maximum Gasteiger partial charge on any atom is 0.220 e. The summed E-state index contributed by atoms with van der Waals surface area (Å²) in [7, 11) is 0. The van der Waals surface area contributed by atoms with E-state index in [0.29, 0.717) is 29.2 Å². The molecule has 3 heteroatoms. The van der Waals surface area contributed by atoms with E-state index in [1.165, 1.54) is 12.8 Å². The first-order valence-corrected chi connectivity index (χ1v) is 8.26. The molecule has 0 spiro atoms. The van der Waals surface area contributed by atoms with Gasteiger partial charge in [-0.15, -0.1) is 0 Å². The fourth-order valence-electron chi connectivity index (χ4n) is 4.54. The molecule has 0 bridgehead atoms. The predicted molar refractivity (Wildman–Crippen MR) is 83.6 cm³/mol. The Morgan fingerprint density at radius 1 is 1.20 bits per heavy atom. The molecule has 116 valence electrons. The van der Waals surface area contributed by atoms with E-state index in [2.05, 4.69) is 38.3 Å². The Morgan fingerprint density at radius 3 is 2.40 bits per heavy atom. The Labute approximate surface area is 124 Å². The molecule has 20 heavy (non-hydrogen) atoms. The van der Waals surface area contributed by atoms with Crippen LogP contribution < -0.4 is 10.6 Å². The summed E-state index contributed by atoms with van der Waals surface area (Å²) in [4.78, 5) is 12.2. The average Bonchev–Trinajstić information content (AvgIpc) is 2.74. The van der Waals surface area contributed by atoms with Gasteiger partial charge in [-0.2, -0.15) is 0 Å². The topological polar surface area (TPSA) is 41.1 Å². The molecule has 0 radical (unpaired) electrons. The summed E-state index contributed by atoms with van der Waals surface area (Å²) >= 11 is 0. The third kappa shape index (κ3) is 4.76. The summed E-state index contributed by atoms with van der Waals surface area (Å²) < 4.78 is 0. The third-order valence-electron chi connectivity index (χ3n) is 4.86. The zero-order chi connectivity index (χ0) is 14.8. The Hall–Kier alpha value is -0.570. The molecular formula is C17H32N2O. The van der Waals surface area contributed by atoms with Gasteiger partial charge < -0.3 is 10.6 Å². The lowest BCUT2D eigenvalue weighted by atomic mass is 9.63. The highest BCUT2D eigenvalue weighted by Crippen LogP contribution is 2.45. The molecule has 1 atom stereocenters. The SMILES string of the molecule is CC1(C)CC(NC(=O)CCC2CCNC2)CC(C)(C)C1. The standard InChI is InChI=1S/C17H32N2O/c1-16(2)9-14(10-17(3,4)12-16)19-15(20)6-5-13-7-8-18-11-13/h13-14,18H,5-12H2,1-4H3,(H,19,20). The number of carbonyl (C=O) groups is 1. The van der Waals surface area contributed by atoms with Crippen LogP contribution in [0.2, 0.25) is 0 Å². The molecule has 1 aliphatic heterocycles. The first kappa shape index (κ1) is 15.8. The molecule has 1 saturated carbocycles. The lowest BCUT2D eigenvalue weighted by Gasteiger charge is -2.45. The minimum Gasteiger partial charge on any atom is -0.353 e. The van der Waals surface area contributed by atoms with Crippen LogP contribution in [0.15, 0.2) is 0 Å². The van der Waals surface area contributed by atoms with Crippen molar-refractivity contribution in [3.63, 3.8) is 0 Å². The van der Waals surface area contributed by atoms with Crippen LogP contribution in [0.5, 0.6) is 0 Å². The first-order chi connectivity index (χ1) is 9.26. The van der Waals surface area contributed by atoms with Crippen LogP contribution in [-0.4, -0.2) is 25.0 Å². The van der Waals surface area contributed by atoms with Crippen molar-refractivity contribution in [1.29, 1.82) is 0 Å². The molecule has 1 aliphatic carbocycles. The smallest absolute Gasteiger partial charge is 0.220 e. The van der Waals surface area contributed by atoms with Crippen LogP contribution in [0, 0.1) is 16.7 Å². The second kappa shape index (κ2) is 6.05. The molecule has 1 saturated heterocycles. The Morgan fingerprint density at radius 2 is 1.85 bits per heavy atom. The van der Waals surface area contributed by atoms with E-state index in [1.807, 2.05) is 0 Å². The lowest BCUT2D eigenvalue weighted by molar-refractivity contribution is -0.122. The normalized spacial score (nSPS) is 29.3. The highest BCUT2D eigenvalue weighted by molar-refractivity contribution is 5.76. The maximum atomic E-state index is 12.2. The fourth-order valence-corrected chi connectivity index (χ4v) is 4.54. The van der Waals surface area contributed by atoms with Gasteiger partial charge in [0.2, 0.25) is 5.91 Å². The molecule has 2 aliphatic rings. The molecule has 2 rings (SSSR count). The molecule has 0 aromatic rings. The van der Waals surface area contributed by atoms with E-state index in [-0.39, 0.29) is 5.91 Å². The van der Waals surface area contributed by atoms with Gasteiger partial charge in [0.15, 0.2) is 0 Å². The van der Waals surface area contributed by atoms with Crippen LogP contribution in [0.4, 0.5) is 0 Å². The number of hydrogen-bond acceptors (Lipinski definition) is 2. The van der Waals surface area contributed by atoms with E-state index >= 15 is 0 Å². The average molecular weight is 280 g/mol. The minimum atomic E-state index is 0.260. The number of nitrogens with one attached hydrogen (secondary N) is 2. The van der Waals surface area contributed by atoms with Crippen molar-refractivity contribution in [1.82, 2.24) is 10.6 Å². The van der Waals surface area contributed by atoms with Crippen molar-refractivity contribution in [3.8, 4) is 0 Å². The van der Waals surface area contributed by atoms with Crippen LogP contribution in [-0.2, 0) is 4.79 Å². The van der Waals surface area contributed by atoms with Crippen molar-refractivity contribution < 1.29 is 4.79 Å². The third-order valence-corrected chi connectivity index (χ3v) is 4.86. The Kier molecular flexibility index (Phi) is 4.78.